The van der Waals surface area contributed by atoms with Crippen LogP contribution in [-0.2, 0) is 17.9 Å². The third-order valence-corrected chi connectivity index (χ3v) is 4.29. The van der Waals surface area contributed by atoms with E-state index in [1.54, 1.807) is 23.0 Å². The Labute approximate surface area is 146 Å². The van der Waals surface area contributed by atoms with Crippen molar-refractivity contribution in [2.45, 2.75) is 51.3 Å². The van der Waals surface area contributed by atoms with Crippen LogP contribution < -0.4 is 5.32 Å². The molecule has 1 aliphatic rings. The number of nitriles is 1. The van der Waals surface area contributed by atoms with E-state index >= 15 is 0 Å². The molecule has 0 aliphatic heterocycles. The Balaban J connectivity index is 1.46. The fourth-order valence-corrected chi connectivity index (χ4v) is 2.95. The summed E-state index contributed by atoms with van der Waals surface area (Å²) in [5, 5.41) is 19.8. The molecular formula is C18H21N5O2. The summed E-state index contributed by atoms with van der Waals surface area (Å²) in [7, 11) is 0. The van der Waals surface area contributed by atoms with Gasteiger partial charge in [0.2, 0.25) is 0 Å². The minimum Gasteiger partial charge on any atom is -0.443 e. The van der Waals surface area contributed by atoms with E-state index in [-0.39, 0.29) is 12.6 Å². The number of hydrogen-bond donors (Lipinski definition) is 1. The molecule has 0 spiro atoms. The molecule has 2 aromatic rings. The third kappa shape index (κ3) is 5.05. The molecule has 0 atom stereocenters. The average Bonchev–Trinajstić information content (AvgIpc) is 3.09. The highest BCUT2D eigenvalue weighted by Crippen LogP contribution is 2.17. The second-order valence-electron chi connectivity index (χ2n) is 6.27. The van der Waals surface area contributed by atoms with Crippen LogP contribution in [0.15, 0.2) is 30.5 Å². The van der Waals surface area contributed by atoms with Gasteiger partial charge >= 0.3 is 6.09 Å². The van der Waals surface area contributed by atoms with E-state index in [0.717, 1.165) is 31.2 Å². The highest BCUT2D eigenvalue weighted by atomic mass is 16.5. The van der Waals surface area contributed by atoms with Gasteiger partial charge in [-0.3, -0.25) is 0 Å². The summed E-state index contributed by atoms with van der Waals surface area (Å²) in [4.78, 5) is 11.8. The van der Waals surface area contributed by atoms with Crippen LogP contribution in [0.4, 0.5) is 4.79 Å². The lowest BCUT2D eigenvalue weighted by atomic mass is 9.96. The molecule has 1 fully saturated rings. The van der Waals surface area contributed by atoms with Gasteiger partial charge in [0.25, 0.3) is 0 Å². The monoisotopic (exact) mass is 339 g/mol. The van der Waals surface area contributed by atoms with Crippen molar-refractivity contribution in [3.63, 3.8) is 0 Å². The largest absolute Gasteiger partial charge is 0.443 e. The second kappa shape index (κ2) is 8.29. The topological polar surface area (TPSA) is 92.8 Å². The summed E-state index contributed by atoms with van der Waals surface area (Å²) >= 11 is 0. The Bertz CT molecular complexity index is 742. The molecule has 25 heavy (non-hydrogen) atoms. The molecule has 1 N–H and O–H groups in total. The standard InChI is InChI=1S/C18H21N5O2/c19-10-14-6-8-15(9-7-14)11-23-12-17(21-22-23)13-25-18(24)20-16-4-2-1-3-5-16/h6-9,12,16H,1-5,11,13H2,(H,20,24). The summed E-state index contributed by atoms with van der Waals surface area (Å²) in [5.74, 6) is 0. The Morgan fingerprint density at radius 1 is 1.28 bits per heavy atom. The zero-order chi connectivity index (χ0) is 17.5. The Hall–Kier alpha value is -2.88. The zero-order valence-corrected chi connectivity index (χ0v) is 14.0. The molecule has 0 bridgehead atoms. The first-order valence-corrected chi connectivity index (χ1v) is 8.54. The number of alkyl carbamates (subject to hydrolysis) is 1. The number of aromatic nitrogens is 3. The predicted octanol–water partition coefficient (Wildman–Crippen LogP) is 2.76. The molecule has 1 aliphatic carbocycles. The van der Waals surface area contributed by atoms with Crippen molar-refractivity contribution in [3.05, 3.63) is 47.3 Å². The number of rotatable bonds is 5. The quantitative estimate of drug-likeness (QED) is 0.904. The van der Waals surface area contributed by atoms with Crippen LogP contribution in [0.2, 0.25) is 0 Å². The van der Waals surface area contributed by atoms with Gasteiger partial charge in [0.15, 0.2) is 0 Å². The molecule has 1 saturated carbocycles. The summed E-state index contributed by atoms with van der Waals surface area (Å²) in [6, 6.07) is 9.62. The van der Waals surface area contributed by atoms with Crippen molar-refractivity contribution >= 4 is 6.09 Å². The van der Waals surface area contributed by atoms with Gasteiger partial charge in [-0.1, -0.05) is 36.6 Å². The first kappa shape index (κ1) is 17.0. The van der Waals surface area contributed by atoms with Crippen LogP contribution in [0.3, 0.4) is 0 Å². The van der Waals surface area contributed by atoms with E-state index in [2.05, 4.69) is 21.7 Å². The molecule has 1 aromatic carbocycles. The van der Waals surface area contributed by atoms with Gasteiger partial charge in [-0.05, 0) is 30.5 Å². The number of benzene rings is 1. The lowest BCUT2D eigenvalue weighted by Gasteiger charge is -2.22. The summed E-state index contributed by atoms with van der Waals surface area (Å²) < 4.78 is 6.90. The molecule has 1 aromatic heterocycles. The van der Waals surface area contributed by atoms with Crippen molar-refractivity contribution < 1.29 is 9.53 Å². The van der Waals surface area contributed by atoms with Crippen LogP contribution >= 0.6 is 0 Å². The van der Waals surface area contributed by atoms with Crippen molar-refractivity contribution in [1.82, 2.24) is 20.3 Å². The second-order valence-corrected chi connectivity index (χ2v) is 6.27. The van der Waals surface area contributed by atoms with Crippen LogP contribution in [0, 0.1) is 11.3 Å². The predicted molar refractivity (Wildman–Crippen MR) is 90.5 cm³/mol. The van der Waals surface area contributed by atoms with E-state index in [0.29, 0.717) is 17.8 Å². The summed E-state index contributed by atoms with van der Waals surface area (Å²) in [6.45, 7) is 0.652. The van der Waals surface area contributed by atoms with E-state index in [4.69, 9.17) is 10.00 Å². The molecule has 0 unspecified atom stereocenters. The highest BCUT2D eigenvalue weighted by molar-refractivity contribution is 5.67. The lowest BCUT2D eigenvalue weighted by Crippen LogP contribution is -2.36. The first-order chi connectivity index (χ1) is 12.2. The van der Waals surface area contributed by atoms with Crippen molar-refractivity contribution in [2.75, 3.05) is 0 Å². The number of carbonyl (C=O) groups is 1. The third-order valence-electron chi connectivity index (χ3n) is 4.29. The number of nitrogens with zero attached hydrogens (tertiary/aromatic N) is 4. The minimum atomic E-state index is -0.395. The van der Waals surface area contributed by atoms with Gasteiger partial charge in [0.1, 0.15) is 12.3 Å². The van der Waals surface area contributed by atoms with Gasteiger partial charge < -0.3 is 10.1 Å². The maximum atomic E-state index is 11.8. The van der Waals surface area contributed by atoms with Gasteiger partial charge in [-0.2, -0.15) is 5.26 Å². The Morgan fingerprint density at radius 2 is 2.04 bits per heavy atom. The molecule has 7 nitrogen and oxygen atoms in total. The summed E-state index contributed by atoms with van der Waals surface area (Å²) in [5.41, 5.74) is 2.25. The average molecular weight is 339 g/mol. The van der Waals surface area contributed by atoms with Crippen LogP contribution in [0.25, 0.3) is 0 Å². The maximum Gasteiger partial charge on any atom is 0.407 e. The molecule has 3 rings (SSSR count). The lowest BCUT2D eigenvalue weighted by molar-refractivity contribution is 0.131. The number of nitrogens with one attached hydrogen (secondary N) is 1. The number of carbonyl (C=O) groups excluding carboxylic acids is 1. The van der Waals surface area contributed by atoms with Crippen molar-refractivity contribution in [2.24, 2.45) is 0 Å². The molecule has 0 saturated heterocycles. The van der Waals surface area contributed by atoms with Crippen LogP contribution in [0.5, 0.6) is 0 Å². The van der Waals surface area contributed by atoms with Crippen LogP contribution in [0.1, 0.15) is 48.9 Å². The molecular weight excluding hydrogens is 318 g/mol. The van der Waals surface area contributed by atoms with Crippen molar-refractivity contribution in [1.29, 1.82) is 5.26 Å². The highest BCUT2D eigenvalue weighted by Gasteiger charge is 2.16. The molecule has 1 heterocycles. The Morgan fingerprint density at radius 3 is 2.76 bits per heavy atom. The van der Waals surface area contributed by atoms with Gasteiger partial charge in [-0.25, -0.2) is 9.48 Å². The number of amides is 1. The number of hydrogen-bond acceptors (Lipinski definition) is 5. The van der Waals surface area contributed by atoms with E-state index in [9.17, 15) is 4.79 Å². The fourth-order valence-electron chi connectivity index (χ4n) is 2.95. The fraction of sp³-hybridized carbons (Fsp3) is 0.444. The SMILES string of the molecule is N#Cc1ccc(Cn2cc(COC(=O)NC3CCCCC3)nn2)cc1. The molecule has 0 radical (unpaired) electrons. The Kier molecular flexibility index (Phi) is 5.62. The van der Waals surface area contributed by atoms with E-state index < -0.39 is 6.09 Å². The van der Waals surface area contributed by atoms with Crippen LogP contribution in [-0.4, -0.2) is 27.1 Å². The van der Waals surface area contributed by atoms with Crippen molar-refractivity contribution in [3.8, 4) is 6.07 Å². The maximum absolute atomic E-state index is 11.8. The normalized spacial score (nSPS) is 14.7. The first-order valence-electron chi connectivity index (χ1n) is 8.54. The van der Waals surface area contributed by atoms with Gasteiger partial charge in [0, 0.05) is 6.04 Å². The zero-order valence-electron chi connectivity index (χ0n) is 14.0. The van der Waals surface area contributed by atoms with Gasteiger partial charge in [-0.15, -0.1) is 5.10 Å². The van der Waals surface area contributed by atoms with Gasteiger partial charge in [0.05, 0.1) is 24.4 Å². The molecule has 130 valence electrons. The van der Waals surface area contributed by atoms with E-state index in [1.165, 1.54) is 6.42 Å². The summed E-state index contributed by atoms with van der Waals surface area (Å²) in [6.07, 6.45) is 6.98. The molecule has 7 heteroatoms. The van der Waals surface area contributed by atoms with E-state index in [1.807, 2.05) is 12.1 Å². The minimum absolute atomic E-state index is 0.103. The molecule has 1 amide bonds. The number of ether oxygens (including phenoxy) is 1. The smallest absolute Gasteiger partial charge is 0.407 e.